The molecule has 0 N–H and O–H groups in total. The Balaban J connectivity index is 2.53. The largest absolute Gasteiger partial charge is 0.468 e. The molecule has 1 atom stereocenters. The van der Waals surface area contributed by atoms with Crippen molar-refractivity contribution in [1.82, 2.24) is 4.90 Å². The van der Waals surface area contributed by atoms with Crippen molar-refractivity contribution in [2.24, 2.45) is 0 Å². The smallest absolute Gasteiger partial charge is 0.320 e. The molecule has 0 aromatic heterocycles. The summed E-state index contributed by atoms with van der Waals surface area (Å²) in [5.41, 5.74) is 0.611. The van der Waals surface area contributed by atoms with Crippen LogP contribution in [0.1, 0.15) is 5.56 Å². The fourth-order valence-electron chi connectivity index (χ4n) is 1.46. The number of benzene rings is 1. The lowest BCUT2D eigenvalue weighted by Crippen LogP contribution is -2.31. The average molecular weight is 304 g/mol. The van der Waals surface area contributed by atoms with E-state index in [4.69, 9.17) is 0 Å². The van der Waals surface area contributed by atoms with Crippen molar-refractivity contribution < 1.29 is 13.9 Å². The monoisotopic (exact) mass is 303 g/mol. The van der Waals surface area contributed by atoms with Gasteiger partial charge in [0.2, 0.25) is 0 Å². The first-order chi connectivity index (χ1) is 8.04. The molecule has 1 aromatic rings. The van der Waals surface area contributed by atoms with E-state index in [0.29, 0.717) is 18.7 Å². The summed E-state index contributed by atoms with van der Waals surface area (Å²) < 4.78 is 18.0. The molecule has 94 valence electrons. The average Bonchev–Trinajstić information content (AvgIpc) is 2.31. The Bertz CT molecular complexity index is 387. The third-order valence-electron chi connectivity index (χ3n) is 2.33. The first-order valence-electron chi connectivity index (χ1n) is 5.18. The van der Waals surface area contributed by atoms with Crippen LogP contribution in [0.2, 0.25) is 0 Å². The molecule has 0 amide bonds. The third kappa shape index (κ3) is 4.44. The van der Waals surface area contributed by atoms with Gasteiger partial charge in [0.25, 0.3) is 0 Å². The van der Waals surface area contributed by atoms with Gasteiger partial charge in [-0.1, -0.05) is 34.1 Å². The van der Waals surface area contributed by atoms with Crippen LogP contribution in [0, 0.1) is 5.82 Å². The first kappa shape index (κ1) is 14.1. The van der Waals surface area contributed by atoms with Gasteiger partial charge in [0.15, 0.2) is 0 Å². The molecule has 1 aromatic carbocycles. The number of hydrogen-bond donors (Lipinski definition) is 0. The predicted octanol–water partition coefficient (Wildman–Crippen LogP) is 2.19. The molecule has 0 radical (unpaired) electrons. The van der Waals surface area contributed by atoms with Gasteiger partial charge in [-0.05, 0) is 13.1 Å². The van der Waals surface area contributed by atoms with Crippen LogP contribution in [0.25, 0.3) is 0 Å². The van der Waals surface area contributed by atoms with E-state index in [2.05, 4.69) is 20.7 Å². The van der Waals surface area contributed by atoms with Gasteiger partial charge in [0, 0.05) is 18.7 Å². The molecule has 0 aliphatic carbocycles. The fourth-order valence-corrected chi connectivity index (χ4v) is 2.14. The fraction of sp³-hybridized carbons (Fsp3) is 0.417. The maximum absolute atomic E-state index is 13.4. The Morgan fingerprint density at radius 1 is 1.53 bits per heavy atom. The molecule has 3 nitrogen and oxygen atoms in total. The second kappa shape index (κ2) is 6.71. The number of nitrogens with zero attached hydrogens (tertiary/aromatic N) is 1. The van der Waals surface area contributed by atoms with Gasteiger partial charge in [-0.15, -0.1) is 0 Å². The second-order valence-electron chi connectivity index (χ2n) is 3.78. The highest BCUT2D eigenvalue weighted by molar-refractivity contribution is 9.10. The van der Waals surface area contributed by atoms with Gasteiger partial charge in [-0.2, -0.15) is 0 Å². The molecule has 1 unspecified atom stereocenters. The molecule has 0 aliphatic rings. The molecule has 0 heterocycles. The summed E-state index contributed by atoms with van der Waals surface area (Å²) in [6.45, 7) is 0.909. The lowest BCUT2D eigenvalue weighted by atomic mass is 10.2. The Morgan fingerprint density at radius 2 is 2.18 bits per heavy atom. The van der Waals surface area contributed by atoms with Crippen LogP contribution in [0.3, 0.4) is 0 Å². The molecule has 17 heavy (non-hydrogen) atoms. The zero-order valence-corrected chi connectivity index (χ0v) is 11.4. The van der Waals surface area contributed by atoms with E-state index in [0.717, 1.165) is 0 Å². The molecule has 0 spiro atoms. The zero-order chi connectivity index (χ0) is 12.8. The highest BCUT2D eigenvalue weighted by atomic mass is 79.9. The van der Waals surface area contributed by atoms with Crippen molar-refractivity contribution in [3.8, 4) is 0 Å². The minimum atomic E-state index is -0.399. The van der Waals surface area contributed by atoms with E-state index in [1.54, 1.807) is 18.2 Å². The van der Waals surface area contributed by atoms with Gasteiger partial charge < -0.3 is 9.64 Å². The Labute approximate surface area is 109 Å². The normalized spacial score (nSPS) is 12.5. The maximum Gasteiger partial charge on any atom is 0.320 e. The summed E-state index contributed by atoms with van der Waals surface area (Å²) in [5.74, 6) is -0.561. The second-order valence-corrected chi connectivity index (χ2v) is 4.88. The number of methoxy groups -OCH3 is 1. The van der Waals surface area contributed by atoms with Gasteiger partial charge >= 0.3 is 5.97 Å². The van der Waals surface area contributed by atoms with Crippen molar-refractivity contribution in [3.05, 3.63) is 35.6 Å². The van der Waals surface area contributed by atoms with Crippen LogP contribution in [-0.2, 0) is 16.1 Å². The standard InChI is InChI=1S/C12H15BrFNO2/c1-15(8-10(13)12(16)17-2)7-9-5-3-4-6-11(9)14/h3-6,10H,7-8H2,1-2H3. The van der Waals surface area contributed by atoms with Crippen molar-refractivity contribution >= 4 is 21.9 Å². The number of alkyl halides is 1. The number of carbonyl (C=O) groups is 1. The lowest BCUT2D eigenvalue weighted by molar-refractivity contribution is -0.140. The van der Waals surface area contributed by atoms with Crippen molar-refractivity contribution in [2.75, 3.05) is 20.7 Å². The number of rotatable bonds is 5. The quantitative estimate of drug-likeness (QED) is 0.617. The van der Waals surface area contributed by atoms with Crippen LogP contribution in [0.15, 0.2) is 24.3 Å². The van der Waals surface area contributed by atoms with Crippen LogP contribution >= 0.6 is 15.9 Å². The predicted molar refractivity (Wildman–Crippen MR) is 67.5 cm³/mol. The van der Waals surface area contributed by atoms with E-state index < -0.39 is 4.83 Å². The minimum absolute atomic E-state index is 0.233. The Kier molecular flexibility index (Phi) is 5.58. The van der Waals surface area contributed by atoms with E-state index in [9.17, 15) is 9.18 Å². The van der Waals surface area contributed by atoms with E-state index in [1.807, 2.05) is 11.9 Å². The van der Waals surface area contributed by atoms with Crippen LogP contribution in [0.5, 0.6) is 0 Å². The summed E-state index contributed by atoms with van der Waals surface area (Å²) >= 11 is 3.23. The summed E-state index contributed by atoms with van der Waals surface area (Å²) in [4.78, 5) is 12.7. The molecule has 0 aliphatic heterocycles. The number of esters is 1. The Hall–Kier alpha value is -0.940. The van der Waals surface area contributed by atoms with Crippen molar-refractivity contribution in [1.29, 1.82) is 0 Å². The van der Waals surface area contributed by atoms with E-state index in [-0.39, 0.29) is 11.8 Å². The third-order valence-corrected chi connectivity index (χ3v) is 2.99. The van der Waals surface area contributed by atoms with E-state index >= 15 is 0 Å². The summed E-state index contributed by atoms with van der Waals surface area (Å²) in [6.07, 6.45) is 0. The van der Waals surface area contributed by atoms with Crippen LogP contribution in [0.4, 0.5) is 4.39 Å². The van der Waals surface area contributed by atoms with E-state index in [1.165, 1.54) is 13.2 Å². The van der Waals surface area contributed by atoms with Gasteiger partial charge in [0.1, 0.15) is 10.6 Å². The lowest BCUT2D eigenvalue weighted by Gasteiger charge is -2.19. The maximum atomic E-state index is 13.4. The summed E-state index contributed by atoms with van der Waals surface area (Å²) in [7, 11) is 3.16. The minimum Gasteiger partial charge on any atom is -0.468 e. The molecular formula is C12H15BrFNO2. The molecule has 5 heteroatoms. The van der Waals surface area contributed by atoms with Gasteiger partial charge in [0.05, 0.1) is 7.11 Å². The number of ether oxygens (including phenoxy) is 1. The van der Waals surface area contributed by atoms with Crippen molar-refractivity contribution in [2.45, 2.75) is 11.4 Å². The zero-order valence-electron chi connectivity index (χ0n) is 9.82. The van der Waals surface area contributed by atoms with Crippen molar-refractivity contribution in [3.63, 3.8) is 0 Å². The molecule has 0 saturated heterocycles. The topological polar surface area (TPSA) is 29.5 Å². The molecule has 0 fully saturated rings. The highest BCUT2D eigenvalue weighted by Gasteiger charge is 2.17. The number of hydrogen-bond acceptors (Lipinski definition) is 3. The van der Waals surface area contributed by atoms with Crippen LogP contribution in [-0.4, -0.2) is 36.4 Å². The number of carbonyl (C=O) groups excluding carboxylic acids is 1. The first-order valence-corrected chi connectivity index (χ1v) is 6.10. The molecule has 0 saturated carbocycles. The highest BCUT2D eigenvalue weighted by Crippen LogP contribution is 2.11. The van der Waals surface area contributed by atoms with Gasteiger partial charge in [-0.25, -0.2) is 4.39 Å². The van der Waals surface area contributed by atoms with Gasteiger partial charge in [-0.3, -0.25) is 4.79 Å². The number of halogens is 2. The molecule has 1 rings (SSSR count). The summed E-state index contributed by atoms with van der Waals surface area (Å²) in [5, 5.41) is 0. The summed E-state index contributed by atoms with van der Waals surface area (Å²) in [6, 6.07) is 6.60. The molecular weight excluding hydrogens is 289 g/mol. The Morgan fingerprint density at radius 3 is 2.76 bits per heavy atom. The molecule has 0 bridgehead atoms. The SMILES string of the molecule is COC(=O)C(Br)CN(C)Cc1ccccc1F. The van der Waals surface area contributed by atoms with Crippen LogP contribution < -0.4 is 0 Å².